The first-order chi connectivity index (χ1) is 11.5. The molecule has 0 aliphatic heterocycles. The number of halogens is 1. The van der Waals surface area contributed by atoms with E-state index in [0.29, 0.717) is 17.0 Å². The number of rotatable bonds is 5. The number of carboxylic acids is 1. The summed E-state index contributed by atoms with van der Waals surface area (Å²) >= 11 is 6.01. The van der Waals surface area contributed by atoms with E-state index in [4.69, 9.17) is 16.7 Å². The van der Waals surface area contributed by atoms with E-state index in [1.165, 1.54) is 5.56 Å². The molecule has 0 atom stereocenters. The molecule has 0 radical (unpaired) electrons. The first-order valence-corrected chi connectivity index (χ1v) is 8.26. The van der Waals surface area contributed by atoms with Crippen molar-refractivity contribution in [3.63, 3.8) is 0 Å². The van der Waals surface area contributed by atoms with Crippen LogP contribution in [0.2, 0.25) is 5.02 Å². The molecule has 1 fully saturated rings. The van der Waals surface area contributed by atoms with Crippen LogP contribution in [0, 0.1) is 0 Å². The van der Waals surface area contributed by atoms with E-state index in [1.54, 1.807) is 24.3 Å². The molecule has 0 saturated heterocycles. The predicted molar refractivity (Wildman–Crippen MR) is 92.5 cm³/mol. The van der Waals surface area contributed by atoms with Gasteiger partial charge in [-0.15, -0.1) is 0 Å². The lowest BCUT2D eigenvalue weighted by Crippen LogP contribution is -2.43. The van der Waals surface area contributed by atoms with Gasteiger partial charge in [0.2, 0.25) is 0 Å². The van der Waals surface area contributed by atoms with Gasteiger partial charge in [-0.1, -0.05) is 35.9 Å². The van der Waals surface area contributed by atoms with Gasteiger partial charge in [0, 0.05) is 16.6 Å². The number of carbonyl (C=O) groups excluding carboxylic acids is 1. The normalized spacial score (nSPS) is 19.4. The van der Waals surface area contributed by atoms with Crippen LogP contribution in [0.4, 0.5) is 0 Å². The number of hydrogen-bond acceptors (Lipinski definition) is 2. The van der Waals surface area contributed by atoms with Gasteiger partial charge in [0.15, 0.2) is 0 Å². The molecule has 0 aromatic heterocycles. The summed E-state index contributed by atoms with van der Waals surface area (Å²) in [4.78, 5) is 23.1. The van der Waals surface area contributed by atoms with Crippen LogP contribution in [0.1, 0.15) is 40.2 Å². The summed E-state index contributed by atoms with van der Waals surface area (Å²) in [6.07, 6.45) is 1.70. The average Bonchev–Trinajstić information content (AvgIpc) is 2.49. The standard InChI is InChI=1S/C19H18ClNO3/c20-16-6-2-4-13(9-16)15-10-17(11-15)21-19(24)14-5-1-3-12(7-14)8-18(22)23/h1-7,9,15,17H,8,10-11H2,(H,21,24)(H,22,23). The molecular weight excluding hydrogens is 326 g/mol. The zero-order valence-electron chi connectivity index (χ0n) is 13.0. The van der Waals surface area contributed by atoms with Gasteiger partial charge < -0.3 is 10.4 Å². The lowest BCUT2D eigenvalue weighted by molar-refractivity contribution is -0.136. The molecule has 4 nitrogen and oxygen atoms in total. The van der Waals surface area contributed by atoms with Crippen molar-refractivity contribution in [2.45, 2.75) is 31.2 Å². The van der Waals surface area contributed by atoms with Crippen LogP contribution in [-0.2, 0) is 11.2 Å². The maximum atomic E-state index is 12.3. The van der Waals surface area contributed by atoms with E-state index in [9.17, 15) is 9.59 Å². The first-order valence-electron chi connectivity index (χ1n) is 7.88. The Morgan fingerprint density at radius 2 is 1.88 bits per heavy atom. The van der Waals surface area contributed by atoms with Crippen LogP contribution in [-0.4, -0.2) is 23.0 Å². The van der Waals surface area contributed by atoms with Crippen molar-refractivity contribution in [3.8, 4) is 0 Å². The van der Waals surface area contributed by atoms with Gasteiger partial charge in [-0.05, 0) is 54.2 Å². The summed E-state index contributed by atoms with van der Waals surface area (Å²) in [6, 6.07) is 14.7. The second-order valence-electron chi connectivity index (χ2n) is 6.16. The Morgan fingerprint density at radius 1 is 1.12 bits per heavy atom. The van der Waals surface area contributed by atoms with Crippen LogP contribution in [0.5, 0.6) is 0 Å². The SMILES string of the molecule is O=C(O)Cc1cccc(C(=O)NC2CC(c3cccc(Cl)c3)C2)c1. The van der Waals surface area contributed by atoms with Gasteiger partial charge in [-0.2, -0.15) is 0 Å². The molecule has 124 valence electrons. The zero-order chi connectivity index (χ0) is 17.1. The molecule has 1 saturated carbocycles. The minimum absolute atomic E-state index is 0.0820. The summed E-state index contributed by atoms with van der Waals surface area (Å²) in [5.41, 5.74) is 2.33. The molecule has 0 heterocycles. The second-order valence-corrected chi connectivity index (χ2v) is 6.60. The zero-order valence-corrected chi connectivity index (χ0v) is 13.8. The van der Waals surface area contributed by atoms with E-state index in [-0.39, 0.29) is 18.4 Å². The molecular formula is C19H18ClNO3. The highest BCUT2D eigenvalue weighted by Gasteiger charge is 2.31. The van der Waals surface area contributed by atoms with Gasteiger partial charge in [0.25, 0.3) is 5.91 Å². The fourth-order valence-electron chi connectivity index (χ4n) is 3.03. The fourth-order valence-corrected chi connectivity index (χ4v) is 3.23. The van der Waals surface area contributed by atoms with Crippen molar-refractivity contribution in [1.29, 1.82) is 0 Å². The largest absolute Gasteiger partial charge is 0.481 e. The van der Waals surface area contributed by atoms with E-state index in [1.807, 2.05) is 18.2 Å². The molecule has 2 aromatic rings. The molecule has 0 spiro atoms. The van der Waals surface area contributed by atoms with Crippen molar-refractivity contribution in [2.75, 3.05) is 0 Å². The Balaban J connectivity index is 1.56. The molecule has 1 aliphatic carbocycles. The Kier molecular flexibility index (Phi) is 4.86. The van der Waals surface area contributed by atoms with Crippen molar-refractivity contribution in [2.24, 2.45) is 0 Å². The molecule has 1 aliphatic rings. The van der Waals surface area contributed by atoms with E-state index in [0.717, 1.165) is 17.9 Å². The monoisotopic (exact) mass is 343 g/mol. The van der Waals surface area contributed by atoms with E-state index < -0.39 is 5.97 Å². The quantitative estimate of drug-likeness (QED) is 0.871. The number of carboxylic acid groups (broad SMARTS) is 1. The maximum Gasteiger partial charge on any atom is 0.307 e. The third-order valence-electron chi connectivity index (χ3n) is 4.34. The predicted octanol–water partition coefficient (Wildman–Crippen LogP) is 3.64. The lowest BCUT2D eigenvalue weighted by atomic mass is 9.76. The number of benzene rings is 2. The minimum Gasteiger partial charge on any atom is -0.481 e. The third kappa shape index (κ3) is 3.95. The van der Waals surface area contributed by atoms with E-state index >= 15 is 0 Å². The topological polar surface area (TPSA) is 66.4 Å². The number of nitrogens with one attached hydrogen (secondary N) is 1. The molecule has 5 heteroatoms. The Hall–Kier alpha value is -2.33. The van der Waals surface area contributed by atoms with Crippen LogP contribution in [0.3, 0.4) is 0 Å². The fraction of sp³-hybridized carbons (Fsp3) is 0.263. The number of aliphatic carboxylic acids is 1. The number of hydrogen-bond donors (Lipinski definition) is 2. The number of amides is 1. The van der Waals surface area contributed by atoms with Crippen LogP contribution < -0.4 is 5.32 Å². The van der Waals surface area contributed by atoms with E-state index in [2.05, 4.69) is 11.4 Å². The number of carbonyl (C=O) groups is 2. The van der Waals surface area contributed by atoms with Crippen molar-refractivity contribution >= 4 is 23.5 Å². The molecule has 1 amide bonds. The second kappa shape index (κ2) is 7.05. The Bertz CT molecular complexity index is 769. The summed E-state index contributed by atoms with van der Waals surface area (Å²) < 4.78 is 0. The summed E-state index contributed by atoms with van der Waals surface area (Å²) in [7, 11) is 0. The van der Waals surface area contributed by atoms with Gasteiger partial charge >= 0.3 is 5.97 Å². The maximum absolute atomic E-state index is 12.3. The smallest absolute Gasteiger partial charge is 0.307 e. The van der Waals surface area contributed by atoms with Gasteiger partial charge in [0.1, 0.15) is 0 Å². The summed E-state index contributed by atoms with van der Waals surface area (Å²) in [6.45, 7) is 0. The van der Waals surface area contributed by atoms with Crippen molar-refractivity contribution in [1.82, 2.24) is 5.32 Å². The molecule has 0 bridgehead atoms. The Labute approximate surface area is 145 Å². The molecule has 2 aromatic carbocycles. The van der Waals surface area contributed by atoms with Crippen LogP contribution in [0.25, 0.3) is 0 Å². The Morgan fingerprint density at radius 3 is 2.58 bits per heavy atom. The van der Waals surface area contributed by atoms with Gasteiger partial charge in [0.05, 0.1) is 6.42 Å². The lowest BCUT2D eigenvalue weighted by Gasteiger charge is -2.36. The molecule has 24 heavy (non-hydrogen) atoms. The van der Waals surface area contributed by atoms with Crippen molar-refractivity contribution < 1.29 is 14.7 Å². The minimum atomic E-state index is -0.907. The summed E-state index contributed by atoms with van der Waals surface area (Å²) in [5, 5.41) is 12.6. The van der Waals surface area contributed by atoms with Crippen LogP contribution in [0.15, 0.2) is 48.5 Å². The molecule has 2 N–H and O–H groups in total. The van der Waals surface area contributed by atoms with Crippen molar-refractivity contribution in [3.05, 3.63) is 70.2 Å². The van der Waals surface area contributed by atoms with Gasteiger partial charge in [-0.25, -0.2) is 0 Å². The highest BCUT2D eigenvalue weighted by molar-refractivity contribution is 6.30. The third-order valence-corrected chi connectivity index (χ3v) is 4.57. The average molecular weight is 344 g/mol. The van der Waals surface area contributed by atoms with Gasteiger partial charge in [-0.3, -0.25) is 9.59 Å². The highest BCUT2D eigenvalue weighted by Crippen LogP contribution is 2.37. The molecule has 3 rings (SSSR count). The molecule has 0 unspecified atom stereocenters. The first kappa shape index (κ1) is 16.5. The highest BCUT2D eigenvalue weighted by atomic mass is 35.5. The summed E-state index contributed by atoms with van der Waals surface area (Å²) in [5.74, 6) is -0.639. The van der Waals surface area contributed by atoms with Crippen LogP contribution >= 0.6 is 11.6 Å².